The number of ether oxygens (including phenoxy) is 1. The molecule has 2 aliphatic rings. The van der Waals surface area contributed by atoms with Crippen molar-refractivity contribution in [2.24, 2.45) is 0 Å². The van der Waals surface area contributed by atoms with Crippen molar-refractivity contribution < 1.29 is 9.53 Å². The second-order valence-corrected chi connectivity index (χ2v) is 7.17. The summed E-state index contributed by atoms with van der Waals surface area (Å²) in [6.45, 7) is 0.552. The molecule has 1 aliphatic carbocycles. The van der Waals surface area contributed by atoms with E-state index in [0.717, 1.165) is 41.8 Å². The number of benzene rings is 1. The Morgan fingerprint density at radius 3 is 3.00 bits per heavy atom. The number of amides is 1. The minimum absolute atomic E-state index is 0.00118. The zero-order chi connectivity index (χ0) is 17.7. The fourth-order valence-electron chi connectivity index (χ4n) is 3.83. The van der Waals surface area contributed by atoms with Gasteiger partial charge in [0.1, 0.15) is 5.82 Å². The number of hydrogen-bond acceptors (Lipinski definition) is 4. The summed E-state index contributed by atoms with van der Waals surface area (Å²) in [5.74, 6) is 2.11. The highest BCUT2D eigenvalue weighted by Gasteiger charge is 2.40. The number of carbonyl (C=O) groups is 1. The van der Waals surface area contributed by atoms with Gasteiger partial charge in [-0.2, -0.15) is 5.10 Å². The number of likely N-dealkylation sites (tertiary alicyclic amines) is 1. The van der Waals surface area contributed by atoms with E-state index in [9.17, 15) is 4.79 Å². The number of H-pyrrole nitrogens is 2. The van der Waals surface area contributed by atoms with Gasteiger partial charge in [-0.05, 0) is 25.0 Å². The molecule has 1 aromatic carbocycles. The average molecular weight is 351 g/mol. The first-order valence-electron chi connectivity index (χ1n) is 9.06. The molecule has 2 aromatic heterocycles. The average Bonchev–Trinajstić information content (AvgIpc) is 3.09. The lowest BCUT2D eigenvalue weighted by Crippen LogP contribution is -2.32. The summed E-state index contributed by atoms with van der Waals surface area (Å²) in [7, 11) is 1.69. The molecule has 0 radical (unpaired) electrons. The predicted molar refractivity (Wildman–Crippen MR) is 95.8 cm³/mol. The molecular weight excluding hydrogens is 330 g/mol. The first-order valence-corrected chi connectivity index (χ1v) is 9.06. The standard InChI is InChI=1S/C19H21N5O2/c1-26-13-9-15(18-21-17(22-23-18)12-5-6-12)24(10-13)19(25)14-4-2-3-11-7-8-20-16(11)14/h2-4,7-8,12-13,15,20H,5-6,9-10H2,1H3,(H,21,22,23)/t13-,15+/m1/s1. The van der Waals surface area contributed by atoms with Crippen LogP contribution in [0.1, 0.15) is 53.2 Å². The number of rotatable bonds is 4. The molecule has 0 unspecified atom stereocenters. The summed E-state index contributed by atoms with van der Waals surface area (Å²) >= 11 is 0. The molecule has 7 heteroatoms. The number of fused-ring (bicyclic) bond motifs is 1. The van der Waals surface area contributed by atoms with Gasteiger partial charge in [-0.25, -0.2) is 4.98 Å². The van der Waals surface area contributed by atoms with Crippen LogP contribution in [0.3, 0.4) is 0 Å². The summed E-state index contributed by atoms with van der Waals surface area (Å²) in [4.78, 5) is 23.1. The van der Waals surface area contributed by atoms with Crippen molar-refractivity contribution in [3.63, 3.8) is 0 Å². The van der Waals surface area contributed by atoms with Crippen LogP contribution in [0.25, 0.3) is 10.9 Å². The Morgan fingerprint density at radius 1 is 1.31 bits per heavy atom. The molecule has 3 heterocycles. The summed E-state index contributed by atoms with van der Waals surface area (Å²) in [6.07, 6.45) is 4.89. The first-order chi connectivity index (χ1) is 12.7. The van der Waals surface area contributed by atoms with Crippen molar-refractivity contribution >= 4 is 16.8 Å². The Labute approximate surface area is 150 Å². The molecule has 1 aliphatic heterocycles. The number of aromatic nitrogens is 4. The number of methoxy groups -OCH3 is 1. The van der Waals surface area contributed by atoms with Crippen molar-refractivity contribution in [2.75, 3.05) is 13.7 Å². The maximum Gasteiger partial charge on any atom is 0.256 e. The topological polar surface area (TPSA) is 86.9 Å². The highest BCUT2D eigenvalue weighted by atomic mass is 16.5. The minimum atomic E-state index is -0.141. The molecule has 2 fully saturated rings. The zero-order valence-electron chi connectivity index (χ0n) is 14.6. The third-order valence-corrected chi connectivity index (χ3v) is 5.45. The maximum absolute atomic E-state index is 13.3. The molecule has 1 amide bonds. The van der Waals surface area contributed by atoms with Crippen LogP contribution in [-0.4, -0.2) is 50.7 Å². The van der Waals surface area contributed by atoms with E-state index in [0.29, 0.717) is 18.0 Å². The smallest absolute Gasteiger partial charge is 0.256 e. The van der Waals surface area contributed by atoms with Crippen LogP contribution in [0, 0.1) is 0 Å². The van der Waals surface area contributed by atoms with Gasteiger partial charge in [0.05, 0.1) is 23.2 Å². The molecule has 1 saturated heterocycles. The fraction of sp³-hybridized carbons (Fsp3) is 0.421. The number of carbonyl (C=O) groups excluding carboxylic acids is 1. The van der Waals surface area contributed by atoms with Gasteiger partial charge in [-0.1, -0.05) is 12.1 Å². The lowest BCUT2D eigenvalue weighted by molar-refractivity contribution is 0.0686. The van der Waals surface area contributed by atoms with Gasteiger partial charge < -0.3 is 14.6 Å². The van der Waals surface area contributed by atoms with Crippen molar-refractivity contribution in [1.82, 2.24) is 25.1 Å². The highest BCUT2D eigenvalue weighted by molar-refractivity contribution is 6.05. The van der Waals surface area contributed by atoms with E-state index in [4.69, 9.17) is 4.74 Å². The van der Waals surface area contributed by atoms with Crippen LogP contribution in [0.4, 0.5) is 0 Å². The summed E-state index contributed by atoms with van der Waals surface area (Å²) in [5.41, 5.74) is 1.55. The van der Waals surface area contributed by atoms with E-state index in [1.165, 1.54) is 0 Å². The van der Waals surface area contributed by atoms with E-state index in [2.05, 4.69) is 20.2 Å². The Hall–Kier alpha value is -2.67. The third kappa shape index (κ3) is 2.50. The lowest BCUT2D eigenvalue weighted by atomic mass is 10.1. The SMILES string of the molecule is CO[C@@H]1C[C@@H](c2nc(C3CC3)n[nH]2)N(C(=O)c2cccc3cc[nH]c23)C1. The van der Waals surface area contributed by atoms with Crippen LogP contribution in [0.5, 0.6) is 0 Å². The molecule has 134 valence electrons. The van der Waals surface area contributed by atoms with Crippen LogP contribution in [0.15, 0.2) is 30.5 Å². The largest absolute Gasteiger partial charge is 0.380 e. The van der Waals surface area contributed by atoms with E-state index < -0.39 is 0 Å². The third-order valence-electron chi connectivity index (χ3n) is 5.45. The van der Waals surface area contributed by atoms with Gasteiger partial charge in [0, 0.05) is 37.6 Å². The van der Waals surface area contributed by atoms with Gasteiger partial charge in [0.15, 0.2) is 5.82 Å². The second kappa shape index (κ2) is 5.95. The molecule has 2 N–H and O–H groups in total. The van der Waals surface area contributed by atoms with Crippen LogP contribution in [0.2, 0.25) is 0 Å². The van der Waals surface area contributed by atoms with Gasteiger partial charge in [0.25, 0.3) is 5.91 Å². The first kappa shape index (κ1) is 15.6. The van der Waals surface area contributed by atoms with Crippen LogP contribution < -0.4 is 0 Å². The second-order valence-electron chi connectivity index (χ2n) is 7.17. The quantitative estimate of drug-likeness (QED) is 0.757. The Morgan fingerprint density at radius 2 is 2.19 bits per heavy atom. The number of nitrogens with zero attached hydrogens (tertiary/aromatic N) is 3. The maximum atomic E-state index is 13.3. The number of hydrogen-bond donors (Lipinski definition) is 2. The van der Waals surface area contributed by atoms with Crippen LogP contribution >= 0.6 is 0 Å². The normalized spacial score (nSPS) is 23.0. The van der Waals surface area contributed by atoms with E-state index in [-0.39, 0.29) is 18.1 Å². The number of nitrogens with one attached hydrogen (secondary N) is 2. The van der Waals surface area contributed by atoms with E-state index in [1.807, 2.05) is 35.4 Å². The summed E-state index contributed by atoms with van der Waals surface area (Å²) in [6, 6.07) is 7.62. The van der Waals surface area contributed by atoms with E-state index >= 15 is 0 Å². The Kier molecular flexibility index (Phi) is 3.56. The summed E-state index contributed by atoms with van der Waals surface area (Å²) in [5, 5.41) is 8.46. The van der Waals surface area contributed by atoms with Gasteiger partial charge in [-0.3, -0.25) is 9.89 Å². The van der Waals surface area contributed by atoms with Crippen molar-refractivity contribution in [1.29, 1.82) is 0 Å². The molecular formula is C19H21N5O2. The van der Waals surface area contributed by atoms with Crippen molar-refractivity contribution in [3.8, 4) is 0 Å². The monoisotopic (exact) mass is 351 g/mol. The zero-order valence-corrected chi connectivity index (χ0v) is 14.6. The van der Waals surface area contributed by atoms with Crippen molar-refractivity contribution in [3.05, 3.63) is 47.7 Å². The predicted octanol–water partition coefficient (Wildman–Crippen LogP) is 2.77. The molecule has 1 saturated carbocycles. The fourth-order valence-corrected chi connectivity index (χ4v) is 3.83. The Bertz CT molecular complexity index is 958. The van der Waals surface area contributed by atoms with Gasteiger partial charge in [0.2, 0.25) is 0 Å². The minimum Gasteiger partial charge on any atom is -0.380 e. The van der Waals surface area contributed by atoms with Crippen LogP contribution in [-0.2, 0) is 4.74 Å². The molecule has 26 heavy (non-hydrogen) atoms. The molecule has 5 rings (SSSR count). The van der Waals surface area contributed by atoms with Crippen molar-refractivity contribution in [2.45, 2.75) is 37.3 Å². The number of aromatic amines is 2. The van der Waals surface area contributed by atoms with Gasteiger partial charge in [-0.15, -0.1) is 0 Å². The Balaban J connectivity index is 1.50. The number of para-hydroxylation sites is 1. The molecule has 0 bridgehead atoms. The molecule has 2 atom stereocenters. The molecule has 7 nitrogen and oxygen atoms in total. The lowest BCUT2D eigenvalue weighted by Gasteiger charge is -2.23. The molecule has 0 spiro atoms. The highest BCUT2D eigenvalue weighted by Crippen LogP contribution is 2.39. The molecule has 3 aromatic rings. The summed E-state index contributed by atoms with van der Waals surface area (Å²) < 4.78 is 5.55. The van der Waals surface area contributed by atoms with E-state index in [1.54, 1.807) is 7.11 Å². The van der Waals surface area contributed by atoms with Gasteiger partial charge >= 0.3 is 0 Å².